The molecule has 7 nitrogen and oxygen atoms in total. The Labute approximate surface area is 195 Å². The number of para-hydroxylation sites is 2. The number of rotatable bonds is 3. The Morgan fingerprint density at radius 3 is 2.55 bits per heavy atom. The molecule has 0 spiro atoms. The lowest BCUT2D eigenvalue weighted by Gasteiger charge is -2.34. The molecule has 1 unspecified atom stereocenters. The van der Waals surface area contributed by atoms with Crippen LogP contribution in [0.1, 0.15) is 23.8 Å². The van der Waals surface area contributed by atoms with Gasteiger partial charge in [0.1, 0.15) is 19.8 Å². The summed E-state index contributed by atoms with van der Waals surface area (Å²) in [6.07, 6.45) is 1.20. The molecule has 1 amide bonds. The van der Waals surface area contributed by atoms with Crippen LogP contribution in [-0.4, -0.2) is 54.8 Å². The van der Waals surface area contributed by atoms with Crippen molar-refractivity contribution in [2.45, 2.75) is 24.9 Å². The van der Waals surface area contributed by atoms with Gasteiger partial charge in [-0.1, -0.05) is 12.1 Å². The molecule has 6 rings (SSSR count). The summed E-state index contributed by atoms with van der Waals surface area (Å²) >= 11 is 1.69. The van der Waals surface area contributed by atoms with Crippen LogP contribution in [0.5, 0.6) is 23.0 Å². The van der Waals surface area contributed by atoms with Crippen molar-refractivity contribution in [1.29, 1.82) is 0 Å². The fourth-order valence-electron chi connectivity index (χ4n) is 4.50. The minimum Gasteiger partial charge on any atom is -0.486 e. The summed E-state index contributed by atoms with van der Waals surface area (Å²) in [6.45, 7) is 2.80. The molecule has 1 fully saturated rings. The second-order valence-electron chi connectivity index (χ2n) is 8.39. The molecular weight excluding hydrogens is 440 g/mol. The molecule has 3 aromatic rings. The highest BCUT2D eigenvalue weighted by molar-refractivity contribution is 7.10. The van der Waals surface area contributed by atoms with Gasteiger partial charge in [-0.2, -0.15) is 0 Å². The number of carbonyl (C=O) groups is 1. The van der Waals surface area contributed by atoms with Gasteiger partial charge in [-0.05, 0) is 43.2 Å². The van der Waals surface area contributed by atoms with Gasteiger partial charge in [-0.15, -0.1) is 11.3 Å². The van der Waals surface area contributed by atoms with E-state index in [1.54, 1.807) is 11.3 Å². The third-order valence-electron chi connectivity index (χ3n) is 6.30. The van der Waals surface area contributed by atoms with Crippen LogP contribution < -0.4 is 18.9 Å². The summed E-state index contributed by atoms with van der Waals surface area (Å²) in [7, 11) is 0. The van der Waals surface area contributed by atoms with Gasteiger partial charge in [0, 0.05) is 30.0 Å². The molecule has 0 saturated carbocycles. The lowest BCUT2D eigenvalue weighted by molar-refractivity contribution is -0.142. The second kappa shape index (κ2) is 8.59. The van der Waals surface area contributed by atoms with Gasteiger partial charge in [0.2, 0.25) is 6.10 Å². The Kier molecular flexibility index (Phi) is 5.30. The number of ether oxygens (including phenoxy) is 4. The van der Waals surface area contributed by atoms with Crippen LogP contribution in [0.25, 0.3) is 11.3 Å². The third kappa shape index (κ3) is 3.99. The fraction of sp³-hybridized carbons (Fsp3) is 0.360. The largest absolute Gasteiger partial charge is 0.486 e. The first-order valence-electron chi connectivity index (χ1n) is 11.3. The first-order chi connectivity index (χ1) is 16.2. The molecule has 1 saturated heterocycles. The zero-order chi connectivity index (χ0) is 22.2. The number of aromatic nitrogens is 1. The maximum absolute atomic E-state index is 13.0. The van der Waals surface area contributed by atoms with Crippen molar-refractivity contribution >= 4 is 17.2 Å². The average molecular weight is 465 g/mol. The van der Waals surface area contributed by atoms with Crippen LogP contribution in [0.4, 0.5) is 0 Å². The molecular formula is C25H24N2O5S. The van der Waals surface area contributed by atoms with E-state index in [-0.39, 0.29) is 12.5 Å². The van der Waals surface area contributed by atoms with Crippen LogP contribution in [0, 0.1) is 0 Å². The van der Waals surface area contributed by atoms with E-state index in [9.17, 15) is 4.79 Å². The van der Waals surface area contributed by atoms with Crippen LogP contribution in [0.3, 0.4) is 0 Å². The van der Waals surface area contributed by atoms with E-state index in [1.807, 2.05) is 47.4 Å². The maximum atomic E-state index is 13.0. The number of hydrogen-bond acceptors (Lipinski definition) is 7. The Balaban J connectivity index is 1.08. The van der Waals surface area contributed by atoms with Gasteiger partial charge >= 0.3 is 0 Å². The molecule has 3 aliphatic rings. The summed E-state index contributed by atoms with van der Waals surface area (Å²) in [5.41, 5.74) is 1.99. The SMILES string of the molecule is O=C(C1COc2ccccc2O1)N1CCC(c2nc(-c3ccc4c(c3)OCCO4)cs2)CC1. The van der Waals surface area contributed by atoms with E-state index in [2.05, 4.69) is 5.38 Å². The van der Waals surface area contributed by atoms with Gasteiger partial charge in [0.25, 0.3) is 5.91 Å². The number of carbonyl (C=O) groups excluding carboxylic acids is 1. The molecule has 4 heterocycles. The smallest absolute Gasteiger partial charge is 0.267 e. The van der Waals surface area contributed by atoms with Gasteiger partial charge in [-0.3, -0.25) is 4.79 Å². The molecule has 8 heteroatoms. The summed E-state index contributed by atoms with van der Waals surface area (Å²) in [4.78, 5) is 19.8. The zero-order valence-electron chi connectivity index (χ0n) is 18.1. The molecule has 0 aliphatic carbocycles. The van der Waals surface area contributed by atoms with E-state index in [4.69, 9.17) is 23.9 Å². The van der Waals surface area contributed by atoms with Crippen LogP contribution in [0.2, 0.25) is 0 Å². The predicted molar refractivity (Wildman–Crippen MR) is 123 cm³/mol. The topological polar surface area (TPSA) is 70.1 Å². The van der Waals surface area contributed by atoms with Gasteiger partial charge in [-0.25, -0.2) is 4.98 Å². The molecule has 1 atom stereocenters. The molecule has 0 radical (unpaired) electrons. The molecule has 1 aromatic heterocycles. The van der Waals surface area contributed by atoms with Gasteiger partial charge in [0.05, 0.1) is 10.7 Å². The summed E-state index contributed by atoms with van der Waals surface area (Å²) in [5, 5.41) is 3.22. The van der Waals surface area contributed by atoms with Crippen molar-refractivity contribution in [3.8, 4) is 34.3 Å². The van der Waals surface area contributed by atoms with Crippen molar-refractivity contribution in [1.82, 2.24) is 9.88 Å². The highest BCUT2D eigenvalue weighted by Crippen LogP contribution is 2.37. The van der Waals surface area contributed by atoms with Crippen LogP contribution in [0.15, 0.2) is 47.8 Å². The first kappa shape index (κ1) is 20.4. The first-order valence-corrected chi connectivity index (χ1v) is 12.2. The Hall–Kier alpha value is -3.26. The Morgan fingerprint density at radius 1 is 0.939 bits per heavy atom. The number of amides is 1. The number of likely N-dealkylation sites (tertiary alicyclic amines) is 1. The zero-order valence-corrected chi connectivity index (χ0v) is 18.9. The Morgan fingerprint density at radius 2 is 1.70 bits per heavy atom. The van der Waals surface area contributed by atoms with E-state index in [1.165, 1.54) is 0 Å². The summed E-state index contributed by atoms with van der Waals surface area (Å²) < 4.78 is 22.9. The van der Waals surface area contributed by atoms with E-state index in [0.29, 0.717) is 43.7 Å². The minimum atomic E-state index is -0.585. The van der Waals surface area contributed by atoms with Crippen molar-refractivity contribution in [3.05, 3.63) is 52.9 Å². The van der Waals surface area contributed by atoms with Crippen molar-refractivity contribution < 1.29 is 23.7 Å². The lowest BCUT2D eigenvalue weighted by atomic mass is 9.97. The molecule has 0 bridgehead atoms. The van der Waals surface area contributed by atoms with Crippen molar-refractivity contribution in [2.24, 2.45) is 0 Å². The predicted octanol–water partition coefficient (Wildman–Crippen LogP) is 4.13. The van der Waals surface area contributed by atoms with Gasteiger partial charge in [0.15, 0.2) is 23.0 Å². The lowest BCUT2D eigenvalue weighted by Crippen LogP contribution is -2.48. The van der Waals surface area contributed by atoms with Crippen LogP contribution >= 0.6 is 11.3 Å². The second-order valence-corrected chi connectivity index (χ2v) is 9.28. The summed E-state index contributed by atoms with van der Waals surface area (Å²) in [6, 6.07) is 13.4. The number of piperidine rings is 1. The standard InChI is InChI=1S/C25H24N2O5S/c28-25(23-14-31-19-3-1-2-4-21(19)32-23)27-9-7-16(8-10-27)24-26-18(15-33-24)17-5-6-20-22(13-17)30-12-11-29-20/h1-6,13,15-16,23H,7-12,14H2. The monoisotopic (exact) mass is 464 g/mol. The number of fused-ring (bicyclic) bond motifs is 2. The van der Waals surface area contributed by atoms with Crippen molar-refractivity contribution in [3.63, 3.8) is 0 Å². The molecule has 33 heavy (non-hydrogen) atoms. The van der Waals surface area contributed by atoms with E-state index >= 15 is 0 Å². The average Bonchev–Trinajstić information content (AvgIpc) is 3.38. The number of benzene rings is 2. The molecule has 170 valence electrons. The van der Waals surface area contributed by atoms with E-state index in [0.717, 1.165) is 40.6 Å². The Bertz CT molecular complexity index is 1170. The molecule has 2 aromatic carbocycles. The molecule has 0 N–H and O–H groups in total. The molecule has 3 aliphatic heterocycles. The normalized spacial score (nSPS) is 19.9. The summed E-state index contributed by atoms with van der Waals surface area (Å²) in [5.74, 6) is 3.24. The fourth-order valence-corrected chi connectivity index (χ4v) is 5.50. The number of nitrogens with zero attached hydrogens (tertiary/aromatic N) is 2. The van der Waals surface area contributed by atoms with Crippen LogP contribution in [-0.2, 0) is 4.79 Å². The third-order valence-corrected chi connectivity index (χ3v) is 7.31. The van der Waals surface area contributed by atoms with Gasteiger partial charge < -0.3 is 23.8 Å². The van der Waals surface area contributed by atoms with E-state index < -0.39 is 6.10 Å². The highest BCUT2D eigenvalue weighted by Gasteiger charge is 2.34. The minimum absolute atomic E-state index is 0.000871. The highest BCUT2D eigenvalue weighted by atomic mass is 32.1. The number of hydrogen-bond donors (Lipinski definition) is 0. The quantitative estimate of drug-likeness (QED) is 0.581. The maximum Gasteiger partial charge on any atom is 0.267 e. The van der Waals surface area contributed by atoms with Crippen molar-refractivity contribution in [2.75, 3.05) is 32.9 Å². The number of thiazole rings is 1.